The van der Waals surface area contributed by atoms with Crippen LogP contribution < -0.4 is 0 Å². The lowest BCUT2D eigenvalue weighted by Gasteiger charge is -2.51. The van der Waals surface area contributed by atoms with Crippen molar-refractivity contribution in [2.24, 2.45) is 0 Å². The van der Waals surface area contributed by atoms with Crippen molar-refractivity contribution in [1.29, 1.82) is 0 Å². The molecule has 0 spiro atoms. The molecule has 6 rings (SSSR count). The van der Waals surface area contributed by atoms with Gasteiger partial charge in [0, 0.05) is 34.9 Å². The Bertz CT molecular complexity index is 1500. The predicted molar refractivity (Wildman–Crippen MR) is 137 cm³/mol. The Morgan fingerprint density at radius 3 is 2.61 bits per heavy atom. The first-order valence-corrected chi connectivity index (χ1v) is 12.4. The van der Waals surface area contributed by atoms with Crippen LogP contribution in [0.15, 0.2) is 72.8 Å². The number of halogens is 2. The van der Waals surface area contributed by atoms with Gasteiger partial charge in [0.1, 0.15) is 5.82 Å². The van der Waals surface area contributed by atoms with Gasteiger partial charge in [0.2, 0.25) is 5.91 Å². The van der Waals surface area contributed by atoms with E-state index in [1.165, 1.54) is 12.1 Å². The number of carbonyl (C=O) groups excluding carboxylic acids is 2. The van der Waals surface area contributed by atoms with Crippen molar-refractivity contribution in [3.05, 3.63) is 106 Å². The first-order valence-electron chi connectivity index (χ1n) is 12.1. The van der Waals surface area contributed by atoms with Gasteiger partial charge in [0.25, 0.3) is 5.91 Å². The minimum absolute atomic E-state index is 0.00659. The molecule has 2 aliphatic heterocycles. The molecule has 1 aromatic heterocycles. The van der Waals surface area contributed by atoms with Crippen molar-refractivity contribution in [3.8, 4) is 0 Å². The smallest absolute Gasteiger partial charge is 0.254 e. The third kappa shape index (κ3) is 3.51. The number of aromatic amines is 1. The second-order valence-electron chi connectivity index (χ2n) is 9.75. The van der Waals surface area contributed by atoms with Crippen LogP contribution in [0.5, 0.6) is 0 Å². The number of piperazine rings is 1. The van der Waals surface area contributed by atoms with E-state index in [9.17, 15) is 14.0 Å². The van der Waals surface area contributed by atoms with Crippen molar-refractivity contribution in [1.82, 2.24) is 14.8 Å². The SMILES string of the molecule is C[C@]12C(=O)N(CCc3cccc(F)c3)CC(=O)N1C[C@H](c1ccc(Cl)cc1)c1c2[nH]c2ccccc12. The summed E-state index contributed by atoms with van der Waals surface area (Å²) in [6, 6.07) is 22.1. The van der Waals surface area contributed by atoms with Crippen molar-refractivity contribution < 1.29 is 14.0 Å². The summed E-state index contributed by atoms with van der Waals surface area (Å²) in [5.41, 5.74) is 3.40. The number of H-pyrrole nitrogens is 1. The van der Waals surface area contributed by atoms with Crippen LogP contribution >= 0.6 is 11.6 Å². The number of benzene rings is 3. The van der Waals surface area contributed by atoms with E-state index in [0.29, 0.717) is 24.5 Å². The standard InChI is InChI=1S/C29H25ClFN3O2/c1-29-27-26(22-7-2-3-8-24(22)32-27)23(19-9-11-20(30)12-10-19)16-34(29)25(35)17-33(28(29)36)14-13-18-5-4-6-21(31)15-18/h2-12,15,23,32H,13-14,16-17H2,1H3/t23-,29+/m1/s1. The monoisotopic (exact) mass is 501 g/mol. The van der Waals surface area contributed by atoms with E-state index in [2.05, 4.69) is 11.1 Å². The van der Waals surface area contributed by atoms with Crippen LogP contribution in [-0.2, 0) is 21.5 Å². The Labute approximate surface area is 213 Å². The van der Waals surface area contributed by atoms with Crippen LogP contribution in [0.2, 0.25) is 5.02 Å². The van der Waals surface area contributed by atoms with E-state index >= 15 is 0 Å². The predicted octanol–water partition coefficient (Wildman–Crippen LogP) is 5.23. The van der Waals surface area contributed by atoms with Gasteiger partial charge in [-0.2, -0.15) is 0 Å². The summed E-state index contributed by atoms with van der Waals surface area (Å²) < 4.78 is 13.7. The summed E-state index contributed by atoms with van der Waals surface area (Å²) in [6.07, 6.45) is 0.472. The molecule has 5 nitrogen and oxygen atoms in total. The number of amides is 2. The minimum Gasteiger partial charge on any atom is -0.356 e. The molecule has 2 aliphatic rings. The number of aromatic nitrogens is 1. The van der Waals surface area contributed by atoms with E-state index in [0.717, 1.165) is 33.3 Å². The number of para-hydroxylation sites is 1. The van der Waals surface area contributed by atoms with Crippen molar-refractivity contribution in [2.75, 3.05) is 19.6 Å². The Balaban J connectivity index is 1.43. The zero-order valence-corrected chi connectivity index (χ0v) is 20.6. The highest BCUT2D eigenvalue weighted by Gasteiger charge is 2.56. The molecule has 2 amide bonds. The number of carbonyl (C=O) groups is 2. The number of rotatable bonds is 4. The summed E-state index contributed by atoms with van der Waals surface area (Å²) in [6.45, 7) is 2.59. The molecule has 0 radical (unpaired) electrons. The van der Waals surface area contributed by atoms with Crippen molar-refractivity contribution >= 4 is 34.3 Å². The highest BCUT2D eigenvalue weighted by Crippen LogP contribution is 2.48. The molecule has 0 bridgehead atoms. The van der Waals surface area contributed by atoms with Gasteiger partial charge < -0.3 is 14.8 Å². The van der Waals surface area contributed by atoms with Crippen LogP contribution in [-0.4, -0.2) is 46.2 Å². The molecule has 36 heavy (non-hydrogen) atoms. The largest absolute Gasteiger partial charge is 0.356 e. The molecule has 3 aromatic carbocycles. The molecular formula is C29H25ClFN3O2. The Kier molecular flexibility index (Phi) is 5.38. The van der Waals surface area contributed by atoms with Crippen LogP contribution in [0, 0.1) is 5.82 Å². The summed E-state index contributed by atoms with van der Waals surface area (Å²) in [4.78, 5) is 34.5. The van der Waals surface area contributed by atoms with Gasteiger partial charge in [-0.3, -0.25) is 9.59 Å². The number of hydrogen-bond donors (Lipinski definition) is 1. The molecule has 3 heterocycles. The summed E-state index contributed by atoms with van der Waals surface area (Å²) in [5.74, 6) is -0.632. The van der Waals surface area contributed by atoms with Gasteiger partial charge in [-0.15, -0.1) is 0 Å². The molecule has 1 N–H and O–H groups in total. The summed E-state index contributed by atoms with van der Waals surface area (Å²) in [5, 5.41) is 1.70. The zero-order valence-electron chi connectivity index (χ0n) is 19.8. The number of hydrogen-bond acceptors (Lipinski definition) is 2. The third-order valence-corrected chi connectivity index (χ3v) is 7.90. The van der Waals surface area contributed by atoms with Crippen LogP contribution in [0.1, 0.15) is 35.2 Å². The number of nitrogens with one attached hydrogen (secondary N) is 1. The van der Waals surface area contributed by atoms with E-state index in [1.807, 2.05) is 55.5 Å². The van der Waals surface area contributed by atoms with Gasteiger partial charge in [-0.25, -0.2) is 4.39 Å². The second kappa shape index (κ2) is 8.49. The second-order valence-corrected chi connectivity index (χ2v) is 10.2. The highest BCUT2D eigenvalue weighted by atomic mass is 35.5. The fraction of sp³-hybridized carbons (Fsp3) is 0.241. The molecule has 7 heteroatoms. The average molecular weight is 502 g/mol. The van der Waals surface area contributed by atoms with E-state index in [-0.39, 0.29) is 30.1 Å². The number of nitrogens with zero attached hydrogens (tertiary/aromatic N) is 2. The van der Waals surface area contributed by atoms with Crippen molar-refractivity contribution in [2.45, 2.75) is 24.8 Å². The lowest BCUT2D eigenvalue weighted by molar-refractivity contribution is -0.166. The molecule has 0 saturated carbocycles. The Morgan fingerprint density at radius 1 is 1.06 bits per heavy atom. The van der Waals surface area contributed by atoms with Crippen LogP contribution in [0.3, 0.4) is 0 Å². The summed E-state index contributed by atoms with van der Waals surface area (Å²) in [7, 11) is 0. The maximum absolute atomic E-state index is 14.1. The van der Waals surface area contributed by atoms with Gasteiger partial charge in [0.15, 0.2) is 5.54 Å². The van der Waals surface area contributed by atoms with Gasteiger partial charge in [-0.1, -0.05) is 54.1 Å². The quantitative estimate of drug-likeness (QED) is 0.416. The zero-order chi connectivity index (χ0) is 25.0. The van der Waals surface area contributed by atoms with Gasteiger partial charge >= 0.3 is 0 Å². The average Bonchev–Trinajstić information content (AvgIpc) is 3.27. The van der Waals surface area contributed by atoms with Gasteiger partial charge in [-0.05, 0) is 60.4 Å². The van der Waals surface area contributed by atoms with Crippen LogP contribution in [0.4, 0.5) is 4.39 Å². The third-order valence-electron chi connectivity index (χ3n) is 7.65. The Morgan fingerprint density at radius 2 is 1.83 bits per heavy atom. The molecule has 1 fully saturated rings. The summed E-state index contributed by atoms with van der Waals surface area (Å²) >= 11 is 6.16. The molecule has 0 unspecified atom stereocenters. The van der Waals surface area contributed by atoms with E-state index in [1.54, 1.807) is 15.9 Å². The molecule has 182 valence electrons. The fourth-order valence-electron chi connectivity index (χ4n) is 5.81. The molecule has 0 aliphatic carbocycles. The molecule has 4 aromatic rings. The van der Waals surface area contributed by atoms with Gasteiger partial charge in [0.05, 0.1) is 12.2 Å². The van der Waals surface area contributed by atoms with Crippen LogP contribution in [0.25, 0.3) is 10.9 Å². The highest BCUT2D eigenvalue weighted by molar-refractivity contribution is 6.30. The van der Waals surface area contributed by atoms with E-state index < -0.39 is 5.54 Å². The normalized spacial score (nSPS) is 21.6. The maximum atomic E-state index is 14.1. The number of fused-ring (bicyclic) bond motifs is 5. The maximum Gasteiger partial charge on any atom is 0.254 e. The minimum atomic E-state index is -1.16. The Hall–Kier alpha value is -3.64. The van der Waals surface area contributed by atoms with E-state index in [4.69, 9.17) is 11.6 Å². The topological polar surface area (TPSA) is 56.4 Å². The first kappa shape index (κ1) is 22.8. The lowest BCUT2D eigenvalue weighted by Crippen LogP contribution is -2.67. The first-order chi connectivity index (χ1) is 17.4. The van der Waals surface area contributed by atoms with Crippen molar-refractivity contribution in [3.63, 3.8) is 0 Å². The fourth-order valence-corrected chi connectivity index (χ4v) is 5.93. The lowest BCUT2D eigenvalue weighted by atomic mass is 9.76. The molecule has 1 saturated heterocycles. The molecular weight excluding hydrogens is 477 g/mol. The molecule has 2 atom stereocenters.